The third kappa shape index (κ3) is 3.84. The normalized spacial score (nSPS) is 20.6. The molecule has 4 heterocycles. The van der Waals surface area contributed by atoms with Gasteiger partial charge in [0.25, 0.3) is 0 Å². The number of likely N-dealkylation sites (tertiary alicyclic amines) is 1. The molecule has 1 N–H and O–H groups in total. The highest BCUT2D eigenvalue weighted by atomic mass is 35.5. The van der Waals surface area contributed by atoms with E-state index in [0.29, 0.717) is 11.9 Å². The van der Waals surface area contributed by atoms with Crippen LogP contribution in [0.25, 0.3) is 10.2 Å². The molecular weight excluding hydrogens is 394 g/mol. The first-order chi connectivity index (χ1) is 13.1. The number of rotatable bonds is 4. The number of likely N-dealkylation sites (N-methyl/N-ethyl adjacent to an activating group) is 1. The molecule has 154 valence electrons. The number of carbonyl (C=O) groups is 1. The lowest BCUT2D eigenvalue weighted by molar-refractivity contribution is -0.136. The fraction of sp³-hybridized carbons (Fsp3) is 0.650. The van der Waals surface area contributed by atoms with Gasteiger partial charge in [0.05, 0.1) is 5.39 Å². The van der Waals surface area contributed by atoms with Gasteiger partial charge in [-0.3, -0.25) is 4.79 Å². The van der Waals surface area contributed by atoms with Crippen molar-refractivity contribution < 1.29 is 4.79 Å². The van der Waals surface area contributed by atoms with Gasteiger partial charge in [0, 0.05) is 43.0 Å². The van der Waals surface area contributed by atoms with Crippen molar-refractivity contribution in [1.29, 1.82) is 0 Å². The number of thiophene rings is 1. The van der Waals surface area contributed by atoms with Crippen molar-refractivity contribution in [2.24, 2.45) is 5.92 Å². The lowest BCUT2D eigenvalue weighted by Crippen LogP contribution is -2.46. The van der Waals surface area contributed by atoms with E-state index in [4.69, 9.17) is 0 Å². The highest BCUT2D eigenvalue weighted by molar-refractivity contribution is 7.18. The maximum absolute atomic E-state index is 13.1. The molecule has 28 heavy (non-hydrogen) atoms. The van der Waals surface area contributed by atoms with Crippen molar-refractivity contribution in [1.82, 2.24) is 20.2 Å². The predicted molar refractivity (Wildman–Crippen MR) is 118 cm³/mol. The van der Waals surface area contributed by atoms with Crippen molar-refractivity contribution in [2.75, 3.05) is 38.1 Å². The quantitative estimate of drug-likeness (QED) is 0.818. The number of nitrogens with one attached hydrogen (secondary N) is 1. The molecule has 2 aromatic rings. The monoisotopic (exact) mass is 423 g/mol. The molecule has 6 nitrogen and oxygen atoms in total. The van der Waals surface area contributed by atoms with Crippen LogP contribution in [0.1, 0.15) is 36.1 Å². The Bertz CT molecular complexity index is 833. The summed E-state index contributed by atoms with van der Waals surface area (Å²) >= 11 is 1.74. The Morgan fingerprint density at radius 3 is 2.68 bits per heavy atom. The zero-order valence-corrected chi connectivity index (χ0v) is 18.5. The average molecular weight is 424 g/mol. The molecule has 2 aliphatic heterocycles. The van der Waals surface area contributed by atoms with Crippen LogP contribution in [0.15, 0.2) is 6.33 Å². The van der Waals surface area contributed by atoms with Gasteiger partial charge in [0.15, 0.2) is 0 Å². The number of piperidine rings is 1. The molecule has 0 aromatic carbocycles. The number of aryl methyl sites for hydroxylation is 2. The van der Waals surface area contributed by atoms with Gasteiger partial charge in [0.1, 0.15) is 17.0 Å². The van der Waals surface area contributed by atoms with Crippen LogP contribution >= 0.6 is 23.7 Å². The summed E-state index contributed by atoms with van der Waals surface area (Å²) in [4.78, 5) is 29.0. The first kappa shape index (κ1) is 21.3. The molecule has 0 aliphatic carbocycles. The number of fused-ring (bicyclic) bond motifs is 1. The minimum Gasteiger partial charge on any atom is -0.356 e. The summed E-state index contributed by atoms with van der Waals surface area (Å²) in [6.45, 7) is 7.91. The minimum atomic E-state index is 0. The Kier molecular flexibility index (Phi) is 6.78. The maximum atomic E-state index is 13.1. The van der Waals surface area contributed by atoms with Crippen molar-refractivity contribution in [3.05, 3.63) is 16.8 Å². The lowest BCUT2D eigenvalue weighted by Gasteiger charge is -2.35. The topological polar surface area (TPSA) is 61.4 Å². The summed E-state index contributed by atoms with van der Waals surface area (Å²) in [6, 6.07) is 0.374. The van der Waals surface area contributed by atoms with Gasteiger partial charge >= 0.3 is 0 Å². The summed E-state index contributed by atoms with van der Waals surface area (Å²) in [5, 5.41) is 4.43. The zero-order valence-electron chi connectivity index (χ0n) is 16.9. The van der Waals surface area contributed by atoms with Gasteiger partial charge in [-0.25, -0.2) is 9.97 Å². The summed E-state index contributed by atoms with van der Waals surface area (Å²) in [5.41, 5.74) is 1.29. The molecule has 8 heteroatoms. The van der Waals surface area contributed by atoms with E-state index < -0.39 is 0 Å². The number of carbonyl (C=O) groups excluding carboxylic acids is 1. The molecule has 4 rings (SSSR count). The van der Waals surface area contributed by atoms with Crippen LogP contribution < -0.4 is 10.2 Å². The molecule has 1 atom stereocenters. The molecule has 1 amide bonds. The molecular formula is C20H30ClN5OS. The molecule has 0 saturated carbocycles. The molecule has 0 spiro atoms. The van der Waals surface area contributed by atoms with Crippen molar-refractivity contribution >= 4 is 45.7 Å². The minimum absolute atomic E-state index is 0. The molecule has 2 saturated heterocycles. The van der Waals surface area contributed by atoms with E-state index in [1.807, 2.05) is 7.05 Å². The molecule has 0 radical (unpaired) electrons. The fourth-order valence-electron chi connectivity index (χ4n) is 4.55. The standard InChI is InChI=1S/C20H29N5OS.ClH/c1-13-14(2)27-19-17(13)18(22-12-23-19)24-9-6-15(7-10-24)20(26)25-8-4-5-16(25)11-21-3;/h12,15-16,21H,4-11H2,1-3H3;1H. The number of amides is 1. The van der Waals surface area contributed by atoms with Crippen LogP contribution in [0.3, 0.4) is 0 Å². The van der Waals surface area contributed by atoms with Gasteiger partial charge in [-0.2, -0.15) is 0 Å². The second kappa shape index (κ2) is 8.93. The van der Waals surface area contributed by atoms with E-state index in [1.54, 1.807) is 17.7 Å². The number of anilines is 1. The number of hydrogen-bond acceptors (Lipinski definition) is 6. The summed E-state index contributed by atoms with van der Waals surface area (Å²) < 4.78 is 0. The van der Waals surface area contributed by atoms with Crippen molar-refractivity contribution in [3.8, 4) is 0 Å². The Labute approximate surface area is 177 Å². The molecule has 2 aliphatic rings. The van der Waals surface area contributed by atoms with Crippen LogP contribution in [-0.2, 0) is 4.79 Å². The second-order valence-corrected chi connectivity index (χ2v) is 9.01. The van der Waals surface area contributed by atoms with E-state index >= 15 is 0 Å². The number of aromatic nitrogens is 2. The largest absolute Gasteiger partial charge is 0.356 e. The second-order valence-electron chi connectivity index (χ2n) is 7.81. The first-order valence-electron chi connectivity index (χ1n) is 10.0. The third-order valence-corrected chi connectivity index (χ3v) is 7.30. The third-order valence-electron chi connectivity index (χ3n) is 6.19. The zero-order chi connectivity index (χ0) is 19.0. The molecule has 2 fully saturated rings. The summed E-state index contributed by atoms with van der Waals surface area (Å²) in [7, 11) is 1.97. The molecule has 2 aromatic heterocycles. The van der Waals surface area contributed by atoms with Gasteiger partial charge in [-0.05, 0) is 52.1 Å². The van der Waals surface area contributed by atoms with Crippen LogP contribution in [0, 0.1) is 19.8 Å². The summed E-state index contributed by atoms with van der Waals surface area (Å²) in [6.07, 6.45) is 5.76. The molecule has 0 bridgehead atoms. The van der Waals surface area contributed by atoms with Crippen molar-refractivity contribution in [3.63, 3.8) is 0 Å². The fourth-order valence-corrected chi connectivity index (χ4v) is 5.54. The number of hydrogen-bond donors (Lipinski definition) is 1. The van der Waals surface area contributed by atoms with Crippen LogP contribution in [0.4, 0.5) is 5.82 Å². The van der Waals surface area contributed by atoms with Gasteiger partial charge < -0.3 is 15.1 Å². The van der Waals surface area contributed by atoms with Gasteiger partial charge in [-0.15, -0.1) is 23.7 Å². The van der Waals surface area contributed by atoms with E-state index in [1.165, 1.54) is 15.8 Å². The predicted octanol–water partition coefficient (Wildman–Crippen LogP) is 3.16. The Morgan fingerprint density at radius 1 is 1.21 bits per heavy atom. The Hall–Kier alpha value is -1.44. The maximum Gasteiger partial charge on any atom is 0.226 e. The van der Waals surface area contributed by atoms with Gasteiger partial charge in [0.2, 0.25) is 5.91 Å². The van der Waals surface area contributed by atoms with Crippen LogP contribution in [0.2, 0.25) is 0 Å². The smallest absolute Gasteiger partial charge is 0.226 e. The van der Waals surface area contributed by atoms with E-state index in [9.17, 15) is 4.79 Å². The Morgan fingerprint density at radius 2 is 1.96 bits per heavy atom. The average Bonchev–Trinajstić information content (AvgIpc) is 3.26. The highest BCUT2D eigenvalue weighted by Crippen LogP contribution is 2.36. The van der Waals surface area contributed by atoms with E-state index in [0.717, 1.165) is 62.5 Å². The molecule has 1 unspecified atom stereocenters. The first-order valence-corrected chi connectivity index (χ1v) is 10.8. The SMILES string of the molecule is CNCC1CCCN1C(=O)C1CCN(c2ncnc3sc(C)c(C)c23)CC1.Cl. The van der Waals surface area contributed by atoms with Crippen LogP contribution in [-0.4, -0.2) is 60.0 Å². The lowest BCUT2D eigenvalue weighted by atomic mass is 9.94. The van der Waals surface area contributed by atoms with E-state index in [-0.39, 0.29) is 18.3 Å². The summed E-state index contributed by atoms with van der Waals surface area (Å²) in [5.74, 6) is 1.56. The van der Waals surface area contributed by atoms with Crippen molar-refractivity contribution in [2.45, 2.75) is 45.6 Å². The Balaban J connectivity index is 0.00000225. The number of halogens is 1. The highest BCUT2D eigenvalue weighted by Gasteiger charge is 2.35. The van der Waals surface area contributed by atoms with Gasteiger partial charge in [-0.1, -0.05) is 0 Å². The van der Waals surface area contributed by atoms with Crippen LogP contribution in [0.5, 0.6) is 0 Å². The number of nitrogens with zero attached hydrogens (tertiary/aromatic N) is 4. The van der Waals surface area contributed by atoms with E-state index in [2.05, 4.69) is 38.9 Å².